The van der Waals surface area contributed by atoms with Crippen LogP contribution >= 0.6 is 0 Å². The number of aliphatic carboxylic acids is 1. The summed E-state index contributed by atoms with van der Waals surface area (Å²) < 4.78 is 0. The number of rotatable bonds is 2. The summed E-state index contributed by atoms with van der Waals surface area (Å²) in [7, 11) is 0. The number of urea groups is 1. The Morgan fingerprint density at radius 1 is 1.37 bits per heavy atom. The van der Waals surface area contributed by atoms with Crippen LogP contribution in [0, 0.1) is 5.41 Å². The van der Waals surface area contributed by atoms with Crippen molar-refractivity contribution in [2.75, 3.05) is 26.2 Å². The second kappa shape index (κ2) is 5.23. The lowest BCUT2D eigenvalue weighted by Gasteiger charge is -2.31. The SMILES string of the molecule is CCC1(C(=O)O)CCN(C(=O)N2CCC=C(C)C2)C1. The van der Waals surface area contributed by atoms with Gasteiger partial charge in [0.1, 0.15) is 0 Å². The van der Waals surface area contributed by atoms with Gasteiger partial charge in [-0.1, -0.05) is 18.6 Å². The molecule has 0 saturated carbocycles. The van der Waals surface area contributed by atoms with Crippen LogP contribution in [0.15, 0.2) is 11.6 Å². The van der Waals surface area contributed by atoms with Gasteiger partial charge in [0.25, 0.3) is 0 Å². The summed E-state index contributed by atoms with van der Waals surface area (Å²) in [6, 6.07) is -0.0102. The molecule has 2 rings (SSSR count). The molecule has 1 atom stereocenters. The Bertz CT molecular complexity index is 419. The van der Waals surface area contributed by atoms with Crippen molar-refractivity contribution in [3.63, 3.8) is 0 Å². The van der Waals surface area contributed by atoms with Crippen LogP contribution < -0.4 is 0 Å². The van der Waals surface area contributed by atoms with Crippen molar-refractivity contribution in [1.82, 2.24) is 9.80 Å². The van der Waals surface area contributed by atoms with E-state index in [9.17, 15) is 14.7 Å². The molecular formula is C14H22N2O3. The molecule has 2 aliphatic heterocycles. The Hall–Kier alpha value is -1.52. The summed E-state index contributed by atoms with van der Waals surface area (Å²) in [5, 5.41) is 9.36. The second-order valence-electron chi connectivity index (χ2n) is 5.65. The van der Waals surface area contributed by atoms with E-state index in [-0.39, 0.29) is 6.03 Å². The highest BCUT2D eigenvalue weighted by molar-refractivity contribution is 5.80. The Balaban J connectivity index is 2.02. The maximum absolute atomic E-state index is 12.4. The van der Waals surface area contributed by atoms with E-state index in [4.69, 9.17) is 0 Å². The van der Waals surface area contributed by atoms with Crippen molar-refractivity contribution in [3.05, 3.63) is 11.6 Å². The van der Waals surface area contributed by atoms with Crippen LogP contribution in [0.3, 0.4) is 0 Å². The highest BCUT2D eigenvalue weighted by atomic mass is 16.4. The zero-order valence-corrected chi connectivity index (χ0v) is 11.7. The number of hydrogen-bond acceptors (Lipinski definition) is 2. The third kappa shape index (κ3) is 2.60. The van der Waals surface area contributed by atoms with E-state index in [1.165, 1.54) is 5.57 Å². The summed E-state index contributed by atoms with van der Waals surface area (Å²) >= 11 is 0. The second-order valence-corrected chi connectivity index (χ2v) is 5.65. The average Bonchev–Trinajstić information content (AvgIpc) is 2.83. The van der Waals surface area contributed by atoms with Gasteiger partial charge in [-0.15, -0.1) is 0 Å². The van der Waals surface area contributed by atoms with Gasteiger partial charge in [0.2, 0.25) is 0 Å². The number of nitrogens with zero attached hydrogens (tertiary/aromatic N) is 2. The molecular weight excluding hydrogens is 244 g/mol. The van der Waals surface area contributed by atoms with Gasteiger partial charge in [0, 0.05) is 26.2 Å². The normalized spacial score (nSPS) is 27.4. The predicted octanol–water partition coefficient (Wildman–Crippen LogP) is 1.95. The van der Waals surface area contributed by atoms with Crippen LogP contribution in [-0.4, -0.2) is 53.1 Å². The lowest BCUT2D eigenvalue weighted by Crippen LogP contribution is -2.45. The van der Waals surface area contributed by atoms with Crippen LogP contribution in [0.25, 0.3) is 0 Å². The molecule has 0 bridgehead atoms. The minimum atomic E-state index is -0.778. The van der Waals surface area contributed by atoms with Crippen LogP contribution in [-0.2, 0) is 4.79 Å². The molecule has 0 aromatic heterocycles. The molecule has 5 nitrogen and oxygen atoms in total. The molecule has 0 radical (unpaired) electrons. The minimum Gasteiger partial charge on any atom is -0.481 e. The number of hydrogen-bond donors (Lipinski definition) is 1. The number of amides is 2. The van der Waals surface area contributed by atoms with Crippen molar-refractivity contribution in [2.45, 2.75) is 33.1 Å². The molecule has 2 aliphatic rings. The van der Waals surface area contributed by atoms with E-state index in [2.05, 4.69) is 6.08 Å². The fourth-order valence-corrected chi connectivity index (χ4v) is 2.92. The standard InChI is InChI=1S/C14H22N2O3/c1-3-14(12(17)18)6-8-16(10-14)13(19)15-7-4-5-11(2)9-15/h5H,3-4,6-10H2,1-2H3,(H,17,18). The van der Waals surface area contributed by atoms with E-state index in [1.807, 2.05) is 18.7 Å². The third-order valence-electron chi connectivity index (χ3n) is 4.36. The minimum absolute atomic E-state index is 0.0102. The quantitative estimate of drug-likeness (QED) is 0.777. The van der Waals surface area contributed by atoms with Gasteiger partial charge in [0.15, 0.2) is 0 Å². The van der Waals surface area contributed by atoms with Gasteiger partial charge in [-0.2, -0.15) is 0 Å². The summed E-state index contributed by atoms with van der Waals surface area (Å²) in [5.41, 5.74) is 0.467. The molecule has 0 aliphatic carbocycles. The molecule has 1 unspecified atom stereocenters. The molecule has 5 heteroatoms. The van der Waals surface area contributed by atoms with Crippen LogP contribution in [0.5, 0.6) is 0 Å². The molecule has 106 valence electrons. The van der Waals surface area contributed by atoms with E-state index in [0.717, 1.165) is 13.0 Å². The number of likely N-dealkylation sites (tertiary alicyclic amines) is 1. The third-order valence-corrected chi connectivity index (χ3v) is 4.36. The molecule has 0 aromatic carbocycles. The van der Waals surface area contributed by atoms with Crippen LogP contribution in [0.2, 0.25) is 0 Å². The molecule has 1 N–H and O–H groups in total. The number of carboxylic acid groups (broad SMARTS) is 1. The number of carbonyl (C=O) groups is 2. The number of carbonyl (C=O) groups excluding carboxylic acids is 1. The summed E-state index contributed by atoms with van der Waals surface area (Å²) in [6.07, 6.45) is 4.18. The number of carboxylic acids is 1. The Labute approximate surface area is 113 Å². The summed E-state index contributed by atoms with van der Waals surface area (Å²) in [6.45, 7) is 6.21. The molecule has 1 fully saturated rings. The highest BCUT2D eigenvalue weighted by Crippen LogP contribution is 2.34. The predicted molar refractivity (Wildman–Crippen MR) is 71.9 cm³/mol. The molecule has 1 saturated heterocycles. The van der Waals surface area contributed by atoms with Crippen molar-refractivity contribution in [2.24, 2.45) is 5.41 Å². The molecule has 19 heavy (non-hydrogen) atoms. The largest absolute Gasteiger partial charge is 0.481 e. The zero-order valence-electron chi connectivity index (χ0n) is 11.7. The van der Waals surface area contributed by atoms with Gasteiger partial charge >= 0.3 is 12.0 Å². The average molecular weight is 266 g/mol. The lowest BCUT2D eigenvalue weighted by molar-refractivity contribution is -0.148. The van der Waals surface area contributed by atoms with Gasteiger partial charge in [-0.3, -0.25) is 4.79 Å². The fraction of sp³-hybridized carbons (Fsp3) is 0.714. The lowest BCUT2D eigenvalue weighted by atomic mass is 9.84. The van der Waals surface area contributed by atoms with E-state index >= 15 is 0 Å². The van der Waals surface area contributed by atoms with Crippen molar-refractivity contribution < 1.29 is 14.7 Å². The summed E-state index contributed by atoms with van der Waals surface area (Å²) in [4.78, 5) is 27.3. The molecule has 0 spiro atoms. The maximum Gasteiger partial charge on any atom is 0.320 e. The fourth-order valence-electron chi connectivity index (χ4n) is 2.92. The summed E-state index contributed by atoms with van der Waals surface area (Å²) in [5.74, 6) is -0.778. The van der Waals surface area contributed by atoms with Gasteiger partial charge in [-0.05, 0) is 26.2 Å². The van der Waals surface area contributed by atoms with Gasteiger partial charge in [0.05, 0.1) is 5.41 Å². The van der Waals surface area contributed by atoms with E-state index < -0.39 is 11.4 Å². The van der Waals surface area contributed by atoms with Crippen molar-refractivity contribution in [1.29, 1.82) is 0 Å². The first kappa shape index (κ1) is 13.9. The van der Waals surface area contributed by atoms with Crippen molar-refractivity contribution in [3.8, 4) is 0 Å². The first-order chi connectivity index (χ1) is 8.98. The Morgan fingerprint density at radius 2 is 2.11 bits per heavy atom. The Morgan fingerprint density at radius 3 is 2.63 bits per heavy atom. The van der Waals surface area contributed by atoms with E-state index in [1.54, 1.807) is 4.90 Å². The Kier molecular flexibility index (Phi) is 3.83. The monoisotopic (exact) mass is 266 g/mol. The maximum atomic E-state index is 12.4. The van der Waals surface area contributed by atoms with Crippen LogP contribution in [0.1, 0.15) is 33.1 Å². The topological polar surface area (TPSA) is 60.9 Å². The molecule has 0 aromatic rings. The first-order valence-corrected chi connectivity index (χ1v) is 6.91. The smallest absolute Gasteiger partial charge is 0.320 e. The zero-order chi connectivity index (χ0) is 14.0. The molecule has 2 heterocycles. The van der Waals surface area contributed by atoms with Gasteiger partial charge in [-0.25, -0.2) is 4.79 Å². The first-order valence-electron chi connectivity index (χ1n) is 6.91. The van der Waals surface area contributed by atoms with E-state index in [0.29, 0.717) is 32.5 Å². The van der Waals surface area contributed by atoms with Crippen LogP contribution in [0.4, 0.5) is 4.79 Å². The van der Waals surface area contributed by atoms with Crippen molar-refractivity contribution >= 4 is 12.0 Å². The molecule has 2 amide bonds. The highest BCUT2D eigenvalue weighted by Gasteiger charge is 2.45. The van der Waals surface area contributed by atoms with Gasteiger partial charge < -0.3 is 14.9 Å².